The van der Waals surface area contributed by atoms with Gasteiger partial charge < -0.3 is 11.1 Å². The smallest absolute Gasteiger partial charge is 0.240 e. The Balaban J connectivity index is 4.23. The van der Waals surface area contributed by atoms with Gasteiger partial charge in [-0.2, -0.15) is 0 Å². The minimum Gasteiger partial charge on any atom is -0.368 e. The first-order valence-corrected chi connectivity index (χ1v) is 4.94. The average Bonchev–Trinajstić information content (AvgIpc) is 2.01. The Morgan fingerprint density at radius 2 is 1.71 bits per heavy atom. The summed E-state index contributed by atoms with van der Waals surface area (Å²) in [6.45, 7) is 7.53. The summed E-state index contributed by atoms with van der Waals surface area (Å²) < 4.78 is 0. The fourth-order valence-corrected chi connectivity index (χ4v) is 1.06. The molecule has 4 heteroatoms. The quantitative estimate of drug-likeness (QED) is 0.684. The predicted octanol–water partition coefficient (Wildman–Crippen LogP) is 0.659. The van der Waals surface area contributed by atoms with Gasteiger partial charge in [0, 0.05) is 5.92 Å². The molecule has 0 aromatic heterocycles. The van der Waals surface area contributed by atoms with E-state index in [0.29, 0.717) is 12.3 Å². The van der Waals surface area contributed by atoms with Gasteiger partial charge in [-0.25, -0.2) is 0 Å². The van der Waals surface area contributed by atoms with E-state index in [0.717, 1.165) is 0 Å². The summed E-state index contributed by atoms with van der Waals surface area (Å²) in [6, 6.07) is -0.537. The molecule has 0 spiro atoms. The maximum atomic E-state index is 11.3. The van der Waals surface area contributed by atoms with Crippen molar-refractivity contribution in [3.8, 4) is 0 Å². The number of rotatable bonds is 5. The molecule has 14 heavy (non-hydrogen) atoms. The second kappa shape index (κ2) is 5.62. The fraction of sp³-hybridized carbons (Fsp3) is 0.800. The number of carbonyl (C=O) groups excluding carboxylic acids is 2. The Bertz CT molecular complexity index is 212. The lowest BCUT2D eigenvalue weighted by atomic mass is 10.0. The summed E-state index contributed by atoms with van der Waals surface area (Å²) in [5.74, 6) is -0.383. The fourth-order valence-electron chi connectivity index (χ4n) is 1.06. The van der Waals surface area contributed by atoms with Crippen LogP contribution in [0.15, 0.2) is 0 Å². The Hall–Kier alpha value is -1.06. The van der Waals surface area contributed by atoms with Crippen LogP contribution < -0.4 is 11.1 Å². The standard InChI is InChI=1S/C10H20N2O2/c1-6(2)5-8(9(11)13)12-10(14)7(3)4/h6-8H,5H2,1-4H3,(H2,11,13)(H,12,14)/t8-/m0/s1. The van der Waals surface area contributed by atoms with Gasteiger partial charge in [0.15, 0.2) is 0 Å². The maximum Gasteiger partial charge on any atom is 0.240 e. The second-order valence-corrected chi connectivity index (χ2v) is 4.25. The number of nitrogens with one attached hydrogen (secondary N) is 1. The highest BCUT2D eigenvalue weighted by atomic mass is 16.2. The van der Waals surface area contributed by atoms with Gasteiger partial charge >= 0.3 is 0 Å². The molecule has 0 aliphatic rings. The molecule has 0 heterocycles. The zero-order valence-electron chi connectivity index (χ0n) is 9.33. The van der Waals surface area contributed by atoms with Crippen molar-refractivity contribution in [1.29, 1.82) is 0 Å². The summed E-state index contributed by atoms with van der Waals surface area (Å²) in [5, 5.41) is 2.63. The predicted molar refractivity (Wildman–Crippen MR) is 55.4 cm³/mol. The molecular weight excluding hydrogens is 180 g/mol. The van der Waals surface area contributed by atoms with E-state index >= 15 is 0 Å². The first-order valence-electron chi connectivity index (χ1n) is 4.94. The van der Waals surface area contributed by atoms with E-state index in [2.05, 4.69) is 5.32 Å². The summed E-state index contributed by atoms with van der Waals surface area (Å²) in [7, 11) is 0. The van der Waals surface area contributed by atoms with Crippen molar-refractivity contribution in [2.75, 3.05) is 0 Å². The third-order valence-electron chi connectivity index (χ3n) is 1.89. The van der Waals surface area contributed by atoms with E-state index in [1.165, 1.54) is 0 Å². The molecule has 0 unspecified atom stereocenters. The zero-order chi connectivity index (χ0) is 11.3. The second-order valence-electron chi connectivity index (χ2n) is 4.25. The van der Waals surface area contributed by atoms with Gasteiger partial charge in [-0.05, 0) is 12.3 Å². The summed E-state index contributed by atoms with van der Waals surface area (Å²) in [5.41, 5.74) is 5.18. The van der Waals surface area contributed by atoms with Crippen LogP contribution in [0.2, 0.25) is 0 Å². The van der Waals surface area contributed by atoms with E-state index in [-0.39, 0.29) is 11.8 Å². The molecule has 0 saturated carbocycles. The highest BCUT2D eigenvalue weighted by Gasteiger charge is 2.20. The number of nitrogens with two attached hydrogens (primary N) is 1. The van der Waals surface area contributed by atoms with Crippen LogP contribution in [0.1, 0.15) is 34.1 Å². The van der Waals surface area contributed by atoms with Crippen LogP contribution in [0.4, 0.5) is 0 Å². The largest absolute Gasteiger partial charge is 0.368 e. The Morgan fingerprint density at radius 3 is 2.00 bits per heavy atom. The van der Waals surface area contributed by atoms with Gasteiger partial charge in [-0.15, -0.1) is 0 Å². The molecule has 82 valence electrons. The first-order chi connectivity index (χ1) is 6.34. The SMILES string of the molecule is CC(C)C[C@H](NC(=O)C(C)C)C(N)=O. The van der Waals surface area contributed by atoms with Crippen LogP contribution in [-0.4, -0.2) is 17.9 Å². The highest BCUT2D eigenvalue weighted by molar-refractivity contribution is 5.87. The molecule has 0 saturated heterocycles. The lowest BCUT2D eigenvalue weighted by Crippen LogP contribution is -2.46. The minimum atomic E-state index is -0.537. The molecule has 0 bridgehead atoms. The van der Waals surface area contributed by atoms with Crippen LogP contribution in [0, 0.1) is 11.8 Å². The van der Waals surface area contributed by atoms with Crippen molar-refractivity contribution >= 4 is 11.8 Å². The van der Waals surface area contributed by atoms with Crippen LogP contribution in [0.5, 0.6) is 0 Å². The number of hydrogen-bond acceptors (Lipinski definition) is 2. The van der Waals surface area contributed by atoms with Gasteiger partial charge in [-0.1, -0.05) is 27.7 Å². The van der Waals surface area contributed by atoms with Gasteiger partial charge in [0.2, 0.25) is 11.8 Å². The van der Waals surface area contributed by atoms with Crippen molar-refractivity contribution in [1.82, 2.24) is 5.32 Å². The molecule has 0 rings (SSSR count). The third kappa shape index (κ3) is 4.84. The normalized spacial score (nSPS) is 13.0. The summed E-state index contributed by atoms with van der Waals surface area (Å²) in [4.78, 5) is 22.3. The van der Waals surface area contributed by atoms with Gasteiger partial charge in [-0.3, -0.25) is 9.59 Å². The molecule has 3 N–H and O–H groups in total. The molecule has 0 aromatic carbocycles. The monoisotopic (exact) mass is 200 g/mol. The zero-order valence-corrected chi connectivity index (χ0v) is 9.33. The van der Waals surface area contributed by atoms with Crippen LogP contribution >= 0.6 is 0 Å². The molecule has 0 aromatic rings. The van der Waals surface area contributed by atoms with E-state index in [4.69, 9.17) is 5.73 Å². The summed E-state index contributed by atoms with van der Waals surface area (Å²) >= 11 is 0. The molecular formula is C10H20N2O2. The molecule has 4 nitrogen and oxygen atoms in total. The molecule has 0 radical (unpaired) electrons. The topological polar surface area (TPSA) is 72.2 Å². The van der Waals surface area contributed by atoms with E-state index in [1.54, 1.807) is 13.8 Å². The molecule has 0 aliphatic carbocycles. The van der Waals surface area contributed by atoms with E-state index in [9.17, 15) is 9.59 Å². The lowest BCUT2D eigenvalue weighted by Gasteiger charge is -2.18. The molecule has 0 fully saturated rings. The van der Waals surface area contributed by atoms with Crippen molar-refractivity contribution in [2.45, 2.75) is 40.2 Å². The van der Waals surface area contributed by atoms with Crippen molar-refractivity contribution in [3.05, 3.63) is 0 Å². The van der Waals surface area contributed by atoms with Crippen molar-refractivity contribution in [3.63, 3.8) is 0 Å². The van der Waals surface area contributed by atoms with E-state index in [1.807, 2.05) is 13.8 Å². The number of primary amides is 1. The Labute approximate surface area is 85.2 Å². The Morgan fingerprint density at radius 1 is 1.21 bits per heavy atom. The lowest BCUT2D eigenvalue weighted by molar-refractivity contribution is -0.129. The first kappa shape index (κ1) is 12.9. The number of amides is 2. The highest BCUT2D eigenvalue weighted by Crippen LogP contribution is 2.05. The summed E-state index contributed by atoms with van der Waals surface area (Å²) in [6.07, 6.45) is 0.591. The maximum absolute atomic E-state index is 11.3. The van der Waals surface area contributed by atoms with Gasteiger partial charge in [0.1, 0.15) is 6.04 Å². The van der Waals surface area contributed by atoms with Crippen molar-refractivity contribution < 1.29 is 9.59 Å². The molecule has 0 aliphatic heterocycles. The molecule has 2 amide bonds. The van der Waals surface area contributed by atoms with Crippen LogP contribution in [0.25, 0.3) is 0 Å². The van der Waals surface area contributed by atoms with Crippen molar-refractivity contribution in [2.24, 2.45) is 17.6 Å². The van der Waals surface area contributed by atoms with Gasteiger partial charge in [0.05, 0.1) is 0 Å². The number of carbonyl (C=O) groups is 2. The molecule has 1 atom stereocenters. The van der Waals surface area contributed by atoms with Crippen LogP contribution in [-0.2, 0) is 9.59 Å². The van der Waals surface area contributed by atoms with E-state index < -0.39 is 11.9 Å². The third-order valence-corrected chi connectivity index (χ3v) is 1.89. The van der Waals surface area contributed by atoms with Gasteiger partial charge in [0.25, 0.3) is 0 Å². The average molecular weight is 200 g/mol. The minimum absolute atomic E-state index is 0.121. The number of hydrogen-bond donors (Lipinski definition) is 2. The van der Waals surface area contributed by atoms with Crippen LogP contribution in [0.3, 0.4) is 0 Å². The Kier molecular flexibility index (Phi) is 5.20.